The van der Waals surface area contributed by atoms with Crippen LogP contribution in [0.15, 0.2) is 41.0 Å². The summed E-state index contributed by atoms with van der Waals surface area (Å²) in [7, 11) is 0. The number of carbonyl (C=O) groups excluding carboxylic acids is 2. The van der Waals surface area contributed by atoms with Crippen molar-refractivity contribution < 1.29 is 14.0 Å². The van der Waals surface area contributed by atoms with Crippen molar-refractivity contribution in [2.75, 3.05) is 5.32 Å². The molecule has 1 aromatic carbocycles. The summed E-state index contributed by atoms with van der Waals surface area (Å²) in [4.78, 5) is 23.9. The van der Waals surface area contributed by atoms with Crippen LogP contribution in [-0.2, 0) is 11.3 Å². The van der Waals surface area contributed by atoms with Crippen LogP contribution in [0, 0.1) is 12.8 Å². The van der Waals surface area contributed by atoms with Gasteiger partial charge in [0, 0.05) is 23.7 Å². The van der Waals surface area contributed by atoms with E-state index in [0.29, 0.717) is 12.3 Å². The first-order chi connectivity index (χ1) is 11.0. The maximum absolute atomic E-state index is 12.0. The van der Waals surface area contributed by atoms with Gasteiger partial charge in [-0.25, -0.2) is 0 Å². The van der Waals surface area contributed by atoms with Crippen molar-refractivity contribution in [3.05, 3.63) is 53.5 Å². The number of benzene rings is 1. The summed E-state index contributed by atoms with van der Waals surface area (Å²) in [5.41, 5.74) is 2.44. The minimum absolute atomic E-state index is 0.0000964. The summed E-state index contributed by atoms with van der Waals surface area (Å²) in [6, 6.07) is 9.19. The second kappa shape index (κ2) is 7.63. The van der Waals surface area contributed by atoms with E-state index in [4.69, 9.17) is 4.42 Å². The van der Waals surface area contributed by atoms with E-state index in [9.17, 15) is 9.59 Å². The molecule has 1 atom stereocenters. The van der Waals surface area contributed by atoms with Crippen LogP contribution in [0.1, 0.15) is 41.9 Å². The first-order valence-corrected chi connectivity index (χ1v) is 7.73. The topological polar surface area (TPSA) is 71.3 Å². The number of rotatable bonds is 6. The maximum Gasteiger partial charge on any atom is 0.287 e. The number of nitrogens with one attached hydrogen (secondary N) is 2. The highest BCUT2D eigenvalue weighted by Crippen LogP contribution is 2.14. The Hall–Kier alpha value is -2.56. The van der Waals surface area contributed by atoms with Gasteiger partial charge >= 0.3 is 0 Å². The molecule has 0 aliphatic carbocycles. The summed E-state index contributed by atoms with van der Waals surface area (Å²) in [6.45, 7) is 6.06. The Morgan fingerprint density at radius 1 is 1.26 bits per heavy atom. The summed E-state index contributed by atoms with van der Waals surface area (Å²) >= 11 is 0. The number of anilines is 1. The van der Waals surface area contributed by atoms with Crippen LogP contribution in [0.3, 0.4) is 0 Å². The van der Waals surface area contributed by atoms with Crippen LogP contribution in [0.2, 0.25) is 0 Å². The van der Waals surface area contributed by atoms with Crippen molar-refractivity contribution in [2.45, 2.75) is 33.7 Å². The van der Waals surface area contributed by atoms with Gasteiger partial charge in [0.25, 0.3) is 5.91 Å². The lowest BCUT2D eigenvalue weighted by molar-refractivity contribution is -0.119. The van der Waals surface area contributed by atoms with Gasteiger partial charge in [0.15, 0.2) is 5.76 Å². The lowest BCUT2D eigenvalue weighted by atomic mass is 10.1. The van der Waals surface area contributed by atoms with Crippen LogP contribution < -0.4 is 10.6 Å². The molecule has 0 unspecified atom stereocenters. The molecule has 2 aromatic rings. The van der Waals surface area contributed by atoms with Crippen molar-refractivity contribution >= 4 is 17.5 Å². The molecule has 5 heteroatoms. The molecule has 0 aliphatic rings. The Balaban J connectivity index is 1.96. The minimum Gasteiger partial charge on any atom is -0.459 e. The van der Waals surface area contributed by atoms with E-state index in [2.05, 4.69) is 10.6 Å². The number of carbonyl (C=O) groups is 2. The number of amides is 2. The zero-order valence-electron chi connectivity index (χ0n) is 13.7. The van der Waals surface area contributed by atoms with Gasteiger partial charge in [-0.1, -0.05) is 26.0 Å². The highest BCUT2D eigenvalue weighted by atomic mass is 16.3. The minimum atomic E-state index is -0.249. The molecular weight excluding hydrogens is 292 g/mol. The van der Waals surface area contributed by atoms with Crippen molar-refractivity contribution in [2.24, 2.45) is 5.92 Å². The predicted molar refractivity (Wildman–Crippen MR) is 89.1 cm³/mol. The molecule has 2 rings (SSSR count). The Morgan fingerprint density at radius 2 is 2.04 bits per heavy atom. The van der Waals surface area contributed by atoms with E-state index >= 15 is 0 Å². The lowest BCUT2D eigenvalue weighted by Gasteiger charge is -2.11. The summed E-state index contributed by atoms with van der Waals surface area (Å²) in [5.74, 6) is 0.0490. The smallest absolute Gasteiger partial charge is 0.287 e. The zero-order valence-corrected chi connectivity index (χ0v) is 13.7. The number of hydrogen-bond acceptors (Lipinski definition) is 3. The molecule has 0 bridgehead atoms. The molecule has 5 nitrogen and oxygen atoms in total. The van der Waals surface area contributed by atoms with Gasteiger partial charge in [0.1, 0.15) is 0 Å². The van der Waals surface area contributed by atoms with E-state index in [0.717, 1.165) is 23.2 Å². The molecule has 1 aromatic heterocycles. The number of hydrogen-bond donors (Lipinski definition) is 2. The molecular formula is C18H22N2O3. The molecule has 0 spiro atoms. The quantitative estimate of drug-likeness (QED) is 0.857. The highest BCUT2D eigenvalue weighted by molar-refractivity contribution is 5.93. The van der Waals surface area contributed by atoms with Crippen molar-refractivity contribution in [3.63, 3.8) is 0 Å². The van der Waals surface area contributed by atoms with Gasteiger partial charge in [0.2, 0.25) is 5.91 Å². The van der Waals surface area contributed by atoms with Crippen molar-refractivity contribution in [1.29, 1.82) is 0 Å². The maximum atomic E-state index is 12.0. The third-order valence-electron chi connectivity index (χ3n) is 3.78. The van der Waals surface area contributed by atoms with Crippen LogP contribution in [0.5, 0.6) is 0 Å². The fourth-order valence-electron chi connectivity index (χ4n) is 2.08. The van der Waals surface area contributed by atoms with Crippen LogP contribution >= 0.6 is 0 Å². The van der Waals surface area contributed by atoms with Gasteiger partial charge in [-0.05, 0) is 37.1 Å². The van der Waals surface area contributed by atoms with Crippen LogP contribution in [-0.4, -0.2) is 11.8 Å². The third-order valence-corrected chi connectivity index (χ3v) is 3.78. The molecule has 122 valence electrons. The van der Waals surface area contributed by atoms with E-state index in [-0.39, 0.29) is 17.7 Å². The molecule has 1 heterocycles. The summed E-state index contributed by atoms with van der Waals surface area (Å²) in [5, 5.41) is 5.70. The molecule has 0 saturated carbocycles. The molecule has 0 saturated heterocycles. The fourth-order valence-corrected chi connectivity index (χ4v) is 2.08. The molecule has 2 amide bonds. The van der Waals surface area contributed by atoms with Crippen LogP contribution in [0.25, 0.3) is 0 Å². The van der Waals surface area contributed by atoms with Crippen LogP contribution in [0.4, 0.5) is 5.69 Å². The van der Waals surface area contributed by atoms with Gasteiger partial charge in [0.05, 0.1) is 6.26 Å². The molecule has 23 heavy (non-hydrogen) atoms. The Morgan fingerprint density at radius 3 is 2.70 bits per heavy atom. The Kier molecular flexibility index (Phi) is 5.57. The highest BCUT2D eigenvalue weighted by Gasteiger charge is 2.13. The van der Waals surface area contributed by atoms with Crippen molar-refractivity contribution in [1.82, 2.24) is 5.32 Å². The molecule has 0 aliphatic heterocycles. The number of aryl methyl sites for hydroxylation is 1. The first-order valence-electron chi connectivity index (χ1n) is 7.73. The van der Waals surface area contributed by atoms with E-state index in [1.807, 2.05) is 45.0 Å². The fraction of sp³-hybridized carbons (Fsp3) is 0.333. The van der Waals surface area contributed by atoms with E-state index < -0.39 is 0 Å². The molecule has 2 N–H and O–H groups in total. The second-order valence-electron chi connectivity index (χ2n) is 5.61. The van der Waals surface area contributed by atoms with E-state index in [1.54, 1.807) is 6.07 Å². The van der Waals surface area contributed by atoms with Gasteiger partial charge in [-0.3, -0.25) is 9.59 Å². The SMILES string of the molecule is CC[C@H](C)C(=O)Nc1cccc(CNC(=O)c2occc2C)c1. The first kappa shape index (κ1) is 16.8. The Labute approximate surface area is 136 Å². The summed E-state index contributed by atoms with van der Waals surface area (Å²) < 4.78 is 5.16. The predicted octanol–water partition coefficient (Wildman–Crippen LogP) is 3.50. The normalized spacial score (nSPS) is 11.8. The molecule has 0 fully saturated rings. The largest absolute Gasteiger partial charge is 0.459 e. The third kappa shape index (κ3) is 4.45. The van der Waals surface area contributed by atoms with Gasteiger partial charge < -0.3 is 15.1 Å². The van der Waals surface area contributed by atoms with Gasteiger partial charge in [-0.15, -0.1) is 0 Å². The Bertz CT molecular complexity index is 691. The standard InChI is InChI=1S/C18H22N2O3/c1-4-12(2)17(21)20-15-7-5-6-14(10-15)11-19-18(22)16-13(3)8-9-23-16/h5-10,12H,4,11H2,1-3H3,(H,19,22)(H,20,21)/t12-/m0/s1. The average molecular weight is 314 g/mol. The molecule has 0 radical (unpaired) electrons. The average Bonchev–Trinajstić information content (AvgIpc) is 2.98. The lowest BCUT2D eigenvalue weighted by Crippen LogP contribution is -2.23. The summed E-state index contributed by atoms with van der Waals surface area (Å²) in [6.07, 6.45) is 2.29. The zero-order chi connectivity index (χ0) is 16.8. The van der Waals surface area contributed by atoms with Crippen molar-refractivity contribution in [3.8, 4) is 0 Å². The van der Waals surface area contributed by atoms with E-state index in [1.165, 1.54) is 6.26 Å². The second-order valence-corrected chi connectivity index (χ2v) is 5.61. The van der Waals surface area contributed by atoms with Gasteiger partial charge in [-0.2, -0.15) is 0 Å². The number of furan rings is 1. The monoisotopic (exact) mass is 314 g/mol.